The number of rotatable bonds is 4. The van der Waals surface area contributed by atoms with E-state index in [1.165, 1.54) is 18.2 Å². The third-order valence-corrected chi connectivity index (χ3v) is 5.17. The zero-order chi connectivity index (χ0) is 17.4. The standard InChI is InChI=1S/C18H27BO4/c1-12-8-9-14(10-13(12)2)15(11-16(20)21-7)19-22-17(3,4)18(5,6)23-19/h8-10,15H,11H2,1-7H3. The summed E-state index contributed by atoms with van der Waals surface area (Å²) in [4.78, 5) is 11.9. The summed E-state index contributed by atoms with van der Waals surface area (Å²) < 4.78 is 17.2. The van der Waals surface area contributed by atoms with Crippen molar-refractivity contribution in [3.63, 3.8) is 0 Å². The maximum absolute atomic E-state index is 11.9. The van der Waals surface area contributed by atoms with Crippen molar-refractivity contribution in [1.29, 1.82) is 0 Å². The number of ether oxygens (including phenoxy) is 1. The first-order valence-electron chi connectivity index (χ1n) is 8.07. The first kappa shape index (κ1) is 18.0. The molecule has 1 atom stereocenters. The molecule has 0 aliphatic carbocycles. The Balaban J connectivity index is 2.35. The molecule has 1 saturated heterocycles. The van der Waals surface area contributed by atoms with Crippen LogP contribution in [0.3, 0.4) is 0 Å². The SMILES string of the molecule is COC(=O)CC(B1OC(C)(C)C(C)(C)O1)c1ccc(C)c(C)c1. The minimum absolute atomic E-state index is 0.192. The number of benzene rings is 1. The van der Waals surface area contributed by atoms with Crippen molar-refractivity contribution in [3.8, 4) is 0 Å². The van der Waals surface area contributed by atoms with Crippen molar-refractivity contribution in [2.24, 2.45) is 0 Å². The molecule has 1 heterocycles. The summed E-state index contributed by atoms with van der Waals surface area (Å²) in [6.45, 7) is 12.2. The number of esters is 1. The van der Waals surface area contributed by atoms with Gasteiger partial charge < -0.3 is 14.0 Å². The molecule has 23 heavy (non-hydrogen) atoms. The van der Waals surface area contributed by atoms with Crippen molar-refractivity contribution in [2.45, 2.75) is 65.0 Å². The van der Waals surface area contributed by atoms with Gasteiger partial charge in [0.1, 0.15) is 0 Å². The van der Waals surface area contributed by atoms with E-state index < -0.39 is 18.3 Å². The predicted octanol–water partition coefficient (Wildman–Crippen LogP) is 3.58. The zero-order valence-corrected chi connectivity index (χ0v) is 15.2. The Morgan fingerprint density at radius 1 is 1.13 bits per heavy atom. The Labute approximate surface area is 139 Å². The van der Waals surface area contributed by atoms with Crippen LogP contribution in [-0.2, 0) is 18.8 Å². The van der Waals surface area contributed by atoms with Crippen LogP contribution in [0.5, 0.6) is 0 Å². The number of carbonyl (C=O) groups excluding carboxylic acids is 1. The van der Waals surface area contributed by atoms with E-state index in [9.17, 15) is 4.79 Å². The van der Waals surface area contributed by atoms with Crippen LogP contribution in [0.15, 0.2) is 18.2 Å². The van der Waals surface area contributed by atoms with Gasteiger partial charge in [-0.1, -0.05) is 18.2 Å². The van der Waals surface area contributed by atoms with E-state index in [0.717, 1.165) is 5.56 Å². The van der Waals surface area contributed by atoms with Crippen LogP contribution >= 0.6 is 0 Å². The molecular weight excluding hydrogens is 291 g/mol. The highest BCUT2D eigenvalue weighted by Crippen LogP contribution is 2.42. The van der Waals surface area contributed by atoms with E-state index in [-0.39, 0.29) is 18.2 Å². The summed E-state index contributed by atoms with van der Waals surface area (Å²) in [5.74, 6) is -0.453. The molecule has 126 valence electrons. The van der Waals surface area contributed by atoms with Gasteiger partial charge in [0, 0.05) is 5.82 Å². The molecule has 1 aliphatic heterocycles. The van der Waals surface area contributed by atoms with Crippen LogP contribution in [0.1, 0.15) is 56.6 Å². The zero-order valence-electron chi connectivity index (χ0n) is 15.2. The lowest BCUT2D eigenvalue weighted by atomic mass is 9.66. The molecule has 1 unspecified atom stereocenters. The summed E-state index contributed by atoms with van der Waals surface area (Å²) in [6, 6.07) is 6.22. The number of hydrogen-bond acceptors (Lipinski definition) is 4. The summed E-state index contributed by atoms with van der Waals surface area (Å²) in [5.41, 5.74) is 2.60. The quantitative estimate of drug-likeness (QED) is 0.629. The normalized spacial score (nSPS) is 20.4. The summed E-state index contributed by atoms with van der Waals surface area (Å²) >= 11 is 0. The van der Waals surface area contributed by atoms with Gasteiger partial charge in [0.2, 0.25) is 0 Å². The molecule has 0 radical (unpaired) electrons. The van der Waals surface area contributed by atoms with Crippen molar-refractivity contribution in [3.05, 3.63) is 34.9 Å². The second-order valence-corrected chi connectivity index (χ2v) is 7.36. The predicted molar refractivity (Wildman–Crippen MR) is 91.4 cm³/mol. The number of methoxy groups -OCH3 is 1. The van der Waals surface area contributed by atoms with E-state index in [0.29, 0.717) is 0 Å². The molecule has 0 aromatic heterocycles. The lowest BCUT2D eigenvalue weighted by Gasteiger charge is -2.32. The summed E-state index contributed by atoms with van der Waals surface area (Å²) in [5, 5.41) is 0. The molecule has 5 heteroatoms. The molecule has 4 nitrogen and oxygen atoms in total. The maximum Gasteiger partial charge on any atom is 0.466 e. The molecule has 2 rings (SSSR count). The van der Waals surface area contributed by atoms with E-state index in [4.69, 9.17) is 14.0 Å². The van der Waals surface area contributed by atoms with E-state index in [2.05, 4.69) is 26.0 Å². The van der Waals surface area contributed by atoms with Crippen LogP contribution in [0.25, 0.3) is 0 Å². The van der Waals surface area contributed by atoms with Crippen LogP contribution in [0.4, 0.5) is 0 Å². The molecule has 1 fully saturated rings. The van der Waals surface area contributed by atoms with Crippen molar-refractivity contribution < 1.29 is 18.8 Å². The Bertz CT molecular complexity index is 579. The fourth-order valence-corrected chi connectivity index (χ4v) is 2.68. The largest absolute Gasteiger partial charge is 0.469 e. The van der Waals surface area contributed by atoms with Crippen LogP contribution in [0, 0.1) is 13.8 Å². The van der Waals surface area contributed by atoms with Crippen molar-refractivity contribution in [1.82, 2.24) is 0 Å². The molecule has 1 aromatic rings. The molecule has 0 N–H and O–H groups in total. The first-order valence-corrected chi connectivity index (χ1v) is 8.07. The second-order valence-electron chi connectivity index (χ2n) is 7.36. The van der Waals surface area contributed by atoms with Gasteiger partial charge in [-0.3, -0.25) is 4.79 Å². The maximum atomic E-state index is 11.9. The highest BCUT2D eigenvalue weighted by atomic mass is 16.7. The summed E-state index contributed by atoms with van der Waals surface area (Å²) in [7, 11) is 0.936. The van der Waals surface area contributed by atoms with Gasteiger partial charge in [-0.2, -0.15) is 0 Å². The highest BCUT2D eigenvalue weighted by Gasteiger charge is 2.54. The van der Waals surface area contributed by atoms with E-state index in [1.807, 2.05) is 33.8 Å². The topological polar surface area (TPSA) is 44.8 Å². The van der Waals surface area contributed by atoms with Gasteiger partial charge in [-0.25, -0.2) is 0 Å². The van der Waals surface area contributed by atoms with Gasteiger partial charge in [-0.05, 0) is 58.2 Å². The number of carbonyl (C=O) groups is 1. The minimum Gasteiger partial charge on any atom is -0.469 e. The average Bonchev–Trinajstić information content (AvgIpc) is 2.67. The highest BCUT2D eigenvalue weighted by molar-refractivity contribution is 6.48. The summed E-state index contributed by atoms with van der Waals surface area (Å²) in [6.07, 6.45) is 0.232. The fraction of sp³-hybridized carbons (Fsp3) is 0.611. The average molecular weight is 318 g/mol. The second kappa shape index (κ2) is 6.29. The van der Waals surface area contributed by atoms with Gasteiger partial charge in [0.05, 0.1) is 24.7 Å². The Morgan fingerprint density at radius 2 is 1.70 bits per heavy atom. The Kier molecular flexibility index (Phi) is 4.93. The number of aryl methyl sites for hydroxylation is 2. The van der Waals surface area contributed by atoms with Crippen molar-refractivity contribution in [2.75, 3.05) is 7.11 Å². The van der Waals surface area contributed by atoms with Crippen molar-refractivity contribution >= 4 is 13.1 Å². The third kappa shape index (κ3) is 3.61. The molecule has 0 spiro atoms. The number of hydrogen-bond donors (Lipinski definition) is 0. The van der Waals surface area contributed by atoms with E-state index >= 15 is 0 Å². The molecule has 1 aliphatic rings. The smallest absolute Gasteiger partial charge is 0.466 e. The molecule has 1 aromatic carbocycles. The van der Waals surface area contributed by atoms with Crippen LogP contribution < -0.4 is 0 Å². The van der Waals surface area contributed by atoms with Gasteiger partial charge >= 0.3 is 13.1 Å². The van der Waals surface area contributed by atoms with Gasteiger partial charge in [0.25, 0.3) is 0 Å². The lowest BCUT2D eigenvalue weighted by molar-refractivity contribution is -0.140. The van der Waals surface area contributed by atoms with Crippen LogP contribution in [-0.4, -0.2) is 31.4 Å². The van der Waals surface area contributed by atoms with Gasteiger partial charge in [0.15, 0.2) is 0 Å². The Morgan fingerprint density at radius 3 is 2.17 bits per heavy atom. The monoisotopic (exact) mass is 318 g/mol. The van der Waals surface area contributed by atoms with Gasteiger partial charge in [-0.15, -0.1) is 0 Å². The molecule has 0 amide bonds. The first-order chi connectivity index (χ1) is 10.6. The third-order valence-electron chi connectivity index (χ3n) is 5.17. The molecular formula is C18H27BO4. The van der Waals surface area contributed by atoms with Crippen LogP contribution in [0.2, 0.25) is 0 Å². The molecule has 0 saturated carbocycles. The minimum atomic E-state index is -0.471. The van der Waals surface area contributed by atoms with E-state index in [1.54, 1.807) is 0 Å². The molecule has 0 bridgehead atoms. The lowest BCUT2D eigenvalue weighted by Crippen LogP contribution is -2.41. The Hall–Kier alpha value is -1.33. The fourth-order valence-electron chi connectivity index (χ4n) is 2.68.